The number of hydrogen-bond donors (Lipinski definition) is 0. The highest BCUT2D eigenvalue weighted by atomic mass is 35.5. The number of alkyl halides is 1. The summed E-state index contributed by atoms with van der Waals surface area (Å²) in [5, 5.41) is 0. The molecule has 2 aliphatic rings. The summed E-state index contributed by atoms with van der Waals surface area (Å²) < 4.78 is 14.0. The van der Waals surface area contributed by atoms with E-state index in [0.717, 1.165) is 43.3 Å². The average molecular weight is 283 g/mol. The first-order valence-electron chi connectivity index (χ1n) is 7.08. The molecule has 0 atom stereocenters. The van der Waals surface area contributed by atoms with Gasteiger partial charge in [-0.25, -0.2) is 4.39 Å². The fourth-order valence-electron chi connectivity index (χ4n) is 2.73. The predicted octanol–water partition coefficient (Wildman–Crippen LogP) is 3.10. The molecule has 1 heterocycles. The Labute approximate surface area is 119 Å². The molecule has 0 spiro atoms. The SMILES string of the molecule is Fc1cc(CCl)ccc1N1CCN(CC2CC2)CC1. The Bertz CT molecular complexity index is 440. The molecule has 19 heavy (non-hydrogen) atoms. The van der Waals surface area contributed by atoms with Gasteiger partial charge in [0.2, 0.25) is 0 Å². The smallest absolute Gasteiger partial charge is 0.146 e. The Morgan fingerprint density at radius 3 is 2.47 bits per heavy atom. The number of rotatable bonds is 4. The molecular weight excluding hydrogens is 263 g/mol. The summed E-state index contributed by atoms with van der Waals surface area (Å²) in [5.74, 6) is 1.16. The lowest BCUT2D eigenvalue weighted by atomic mass is 10.2. The van der Waals surface area contributed by atoms with Crippen LogP contribution in [0, 0.1) is 11.7 Å². The van der Waals surface area contributed by atoms with Crippen LogP contribution in [0.4, 0.5) is 10.1 Å². The summed E-state index contributed by atoms with van der Waals surface area (Å²) in [7, 11) is 0. The van der Waals surface area contributed by atoms with Gasteiger partial charge in [0.15, 0.2) is 0 Å². The largest absolute Gasteiger partial charge is 0.367 e. The van der Waals surface area contributed by atoms with Crippen molar-refractivity contribution in [2.75, 3.05) is 37.6 Å². The van der Waals surface area contributed by atoms with E-state index in [9.17, 15) is 4.39 Å². The van der Waals surface area contributed by atoms with Gasteiger partial charge in [0, 0.05) is 38.6 Å². The molecule has 0 bridgehead atoms. The molecule has 2 fully saturated rings. The molecule has 1 aromatic carbocycles. The van der Waals surface area contributed by atoms with Crippen molar-refractivity contribution in [1.82, 2.24) is 4.90 Å². The highest BCUT2D eigenvalue weighted by Gasteiger charge is 2.26. The summed E-state index contributed by atoms with van der Waals surface area (Å²) >= 11 is 5.72. The van der Waals surface area contributed by atoms with Gasteiger partial charge in [0.25, 0.3) is 0 Å². The summed E-state index contributed by atoms with van der Waals surface area (Å²) in [4.78, 5) is 4.66. The molecule has 2 nitrogen and oxygen atoms in total. The van der Waals surface area contributed by atoms with E-state index in [-0.39, 0.29) is 5.82 Å². The predicted molar refractivity (Wildman–Crippen MR) is 77.3 cm³/mol. The third-order valence-corrected chi connectivity index (χ3v) is 4.40. The normalized spacial score (nSPS) is 20.8. The van der Waals surface area contributed by atoms with E-state index in [1.165, 1.54) is 19.4 Å². The van der Waals surface area contributed by atoms with Crippen molar-refractivity contribution in [3.8, 4) is 0 Å². The summed E-state index contributed by atoms with van der Waals surface area (Å²) in [5.41, 5.74) is 1.57. The molecular formula is C15H20ClFN2. The van der Waals surface area contributed by atoms with E-state index in [4.69, 9.17) is 11.6 Å². The zero-order valence-corrected chi connectivity index (χ0v) is 11.9. The Balaban J connectivity index is 1.60. The first-order chi connectivity index (χ1) is 9.26. The maximum absolute atomic E-state index is 14.0. The highest BCUT2D eigenvalue weighted by molar-refractivity contribution is 6.17. The first-order valence-corrected chi connectivity index (χ1v) is 7.61. The van der Waals surface area contributed by atoms with Gasteiger partial charge in [0.05, 0.1) is 5.69 Å². The summed E-state index contributed by atoms with van der Waals surface area (Å²) in [6.45, 7) is 5.18. The molecule has 104 valence electrons. The maximum Gasteiger partial charge on any atom is 0.146 e. The number of hydrogen-bond acceptors (Lipinski definition) is 2. The Morgan fingerprint density at radius 2 is 1.89 bits per heavy atom. The van der Waals surface area contributed by atoms with Gasteiger partial charge in [-0.3, -0.25) is 4.90 Å². The van der Waals surface area contributed by atoms with E-state index in [1.54, 1.807) is 6.07 Å². The molecule has 0 aromatic heterocycles. The number of benzene rings is 1. The fourth-order valence-corrected chi connectivity index (χ4v) is 2.89. The molecule has 1 saturated heterocycles. The van der Waals surface area contributed by atoms with E-state index < -0.39 is 0 Å². The van der Waals surface area contributed by atoms with Crippen LogP contribution in [0.2, 0.25) is 0 Å². The monoisotopic (exact) mass is 282 g/mol. The standard InChI is InChI=1S/C15H20ClFN2/c16-10-13-3-4-15(14(17)9-13)19-7-5-18(6-8-19)11-12-1-2-12/h3-4,9,12H,1-2,5-8,10-11H2. The van der Waals surface area contributed by atoms with E-state index in [0.29, 0.717) is 5.88 Å². The van der Waals surface area contributed by atoms with Crippen LogP contribution in [-0.4, -0.2) is 37.6 Å². The molecule has 1 saturated carbocycles. The van der Waals surface area contributed by atoms with Crippen molar-refractivity contribution < 1.29 is 4.39 Å². The number of anilines is 1. The lowest BCUT2D eigenvalue weighted by Gasteiger charge is -2.36. The molecule has 0 amide bonds. The lowest BCUT2D eigenvalue weighted by Crippen LogP contribution is -2.47. The van der Waals surface area contributed by atoms with Crippen LogP contribution in [0.1, 0.15) is 18.4 Å². The lowest BCUT2D eigenvalue weighted by molar-refractivity contribution is 0.247. The fraction of sp³-hybridized carbons (Fsp3) is 0.600. The second kappa shape index (κ2) is 5.68. The van der Waals surface area contributed by atoms with Gasteiger partial charge in [-0.2, -0.15) is 0 Å². The highest BCUT2D eigenvalue weighted by Crippen LogP contribution is 2.30. The third-order valence-electron chi connectivity index (χ3n) is 4.09. The number of nitrogens with zero attached hydrogens (tertiary/aromatic N) is 2. The van der Waals surface area contributed by atoms with Crippen molar-refractivity contribution in [2.45, 2.75) is 18.7 Å². The maximum atomic E-state index is 14.0. The van der Waals surface area contributed by atoms with Gasteiger partial charge in [-0.05, 0) is 36.5 Å². The first kappa shape index (κ1) is 13.2. The van der Waals surface area contributed by atoms with Crippen LogP contribution in [-0.2, 0) is 5.88 Å². The molecule has 0 radical (unpaired) electrons. The Hall–Kier alpha value is -0.800. The van der Waals surface area contributed by atoms with Crippen molar-refractivity contribution in [3.05, 3.63) is 29.6 Å². The van der Waals surface area contributed by atoms with E-state index in [1.807, 2.05) is 12.1 Å². The van der Waals surface area contributed by atoms with Crippen molar-refractivity contribution in [3.63, 3.8) is 0 Å². The number of piperazine rings is 1. The molecule has 0 N–H and O–H groups in total. The average Bonchev–Trinajstić information content (AvgIpc) is 3.24. The van der Waals surface area contributed by atoms with Gasteiger partial charge in [-0.15, -0.1) is 11.6 Å². The van der Waals surface area contributed by atoms with Gasteiger partial charge < -0.3 is 4.90 Å². The third kappa shape index (κ3) is 3.21. The molecule has 0 unspecified atom stereocenters. The van der Waals surface area contributed by atoms with Crippen molar-refractivity contribution >= 4 is 17.3 Å². The van der Waals surface area contributed by atoms with Crippen LogP contribution in [0.25, 0.3) is 0 Å². The molecule has 3 rings (SSSR count). The van der Waals surface area contributed by atoms with Crippen LogP contribution in [0.15, 0.2) is 18.2 Å². The van der Waals surface area contributed by atoms with E-state index >= 15 is 0 Å². The quantitative estimate of drug-likeness (QED) is 0.783. The topological polar surface area (TPSA) is 6.48 Å². The van der Waals surface area contributed by atoms with Gasteiger partial charge in [0.1, 0.15) is 5.82 Å². The minimum Gasteiger partial charge on any atom is -0.367 e. The van der Waals surface area contributed by atoms with Crippen LogP contribution < -0.4 is 4.90 Å². The number of halogens is 2. The van der Waals surface area contributed by atoms with Crippen LogP contribution in [0.5, 0.6) is 0 Å². The second-order valence-electron chi connectivity index (χ2n) is 5.65. The second-order valence-corrected chi connectivity index (χ2v) is 5.92. The van der Waals surface area contributed by atoms with Crippen LogP contribution in [0.3, 0.4) is 0 Å². The minimum absolute atomic E-state index is 0.145. The van der Waals surface area contributed by atoms with E-state index in [2.05, 4.69) is 9.80 Å². The Kier molecular flexibility index (Phi) is 3.94. The summed E-state index contributed by atoms with van der Waals surface area (Å²) in [6, 6.07) is 5.34. The molecule has 1 aliphatic heterocycles. The zero-order chi connectivity index (χ0) is 13.2. The molecule has 4 heteroatoms. The van der Waals surface area contributed by atoms with Gasteiger partial charge >= 0.3 is 0 Å². The van der Waals surface area contributed by atoms with Crippen molar-refractivity contribution in [2.24, 2.45) is 5.92 Å². The van der Waals surface area contributed by atoms with Crippen molar-refractivity contribution in [1.29, 1.82) is 0 Å². The molecule has 1 aliphatic carbocycles. The van der Waals surface area contributed by atoms with Gasteiger partial charge in [-0.1, -0.05) is 6.07 Å². The Morgan fingerprint density at radius 1 is 1.16 bits per heavy atom. The summed E-state index contributed by atoms with van der Waals surface area (Å²) in [6.07, 6.45) is 2.80. The zero-order valence-electron chi connectivity index (χ0n) is 11.1. The minimum atomic E-state index is -0.145. The van der Waals surface area contributed by atoms with Crippen LogP contribution >= 0.6 is 11.6 Å². The molecule has 1 aromatic rings.